The highest BCUT2D eigenvalue weighted by Gasteiger charge is 2.08. The highest BCUT2D eigenvalue weighted by molar-refractivity contribution is 6.30. The summed E-state index contributed by atoms with van der Waals surface area (Å²) in [6, 6.07) is 17.5. The molecular formula is C21H19ClFN3O. The number of nitrogens with one attached hydrogen (secondary N) is 2. The lowest BCUT2D eigenvalue weighted by atomic mass is 10.1. The number of rotatable bonds is 7. The van der Waals surface area contributed by atoms with Gasteiger partial charge in [-0.1, -0.05) is 41.9 Å². The third-order valence-corrected chi connectivity index (χ3v) is 4.26. The van der Waals surface area contributed by atoms with Crippen LogP contribution in [0.5, 0.6) is 0 Å². The van der Waals surface area contributed by atoms with Gasteiger partial charge in [0, 0.05) is 23.7 Å². The topological polar surface area (TPSA) is 54.0 Å². The van der Waals surface area contributed by atoms with Crippen molar-refractivity contribution in [3.05, 3.63) is 94.5 Å². The molecule has 0 saturated heterocycles. The second-order valence-electron chi connectivity index (χ2n) is 6.01. The normalized spacial score (nSPS) is 10.4. The van der Waals surface area contributed by atoms with Gasteiger partial charge in [0.25, 0.3) is 5.91 Å². The van der Waals surface area contributed by atoms with Crippen LogP contribution in [0.25, 0.3) is 0 Å². The van der Waals surface area contributed by atoms with Gasteiger partial charge in [-0.15, -0.1) is 0 Å². The number of hydrogen-bond donors (Lipinski definition) is 2. The van der Waals surface area contributed by atoms with Crippen molar-refractivity contribution < 1.29 is 9.18 Å². The van der Waals surface area contributed by atoms with Crippen LogP contribution in [0.3, 0.4) is 0 Å². The number of benzene rings is 2. The molecule has 1 heterocycles. The minimum absolute atomic E-state index is 0.118. The number of halogens is 2. The first-order chi connectivity index (χ1) is 13.1. The Kier molecular flexibility index (Phi) is 6.39. The number of pyridine rings is 1. The van der Waals surface area contributed by atoms with E-state index >= 15 is 0 Å². The third kappa shape index (κ3) is 5.53. The number of aromatic nitrogens is 1. The van der Waals surface area contributed by atoms with Crippen molar-refractivity contribution in [3.63, 3.8) is 0 Å². The van der Waals surface area contributed by atoms with Crippen LogP contribution >= 0.6 is 11.6 Å². The van der Waals surface area contributed by atoms with Gasteiger partial charge in [0.05, 0.1) is 11.9 Å². The molecule has 2 N–H and O–H groups in total. The van der Waals surface area contributed by atoms with E-state index in [0.29, 0.717) is 5.56 Å². The standard InChI is InChI=1S/C21H19ClFN3O/c22-17-6-3-4-15(12-17)10-11-24-18-8-9-20(25-14-18)21(27)26-13-16-5-1-2-7-19(16)23/h1-9,12,14,24H,10-11,13H2,(H,26,27). The van der Waals surface area contributed by atoms with Crippen LogP contribution in [0.4, 0.5) is 10.1 Å². The van der Waals surface area contributed by atoms with Gasteiger partial charge in [0.15, 0.2) is 0 Å². The lowest BCUT2D eigenvalue weighted by Crippen LogP contribution is -2.24. The SMILES string of the molecule is O=C(NCc1ccccc1F)c1ccc(NCCc2cccc(Cl)c2)cn1. The molecule has 6 heteroatoms. The predicted octanol–water partition coefficient (Wildman–Crippen LogP) is 4.46. The van der Waals surface area contributed by atoms with E-state index in [-0.39, 0.29) is 24.0 Å². The summed E-state index contributed by atoms with van der Waals surface area (Å²) >= 11 is 5.97. The fourth-order valence-corrected chi connectivity index (χ4v) is 2.80. The number of nitrogens with zero attached hydrogens (tertiary/aromatic N) is 1. The molecule has 2 aromatic carbocycles. The maximum absolute atomic E-state index is 13.6. The number of carbonyl (C=O) groups is 1. The zero-order valence-corrected chi connectivity index (χ0v) is 15.3. The minimum Gasteiger partial charge on any atom is -0.383 e. The first-order valence-corrected chi connectivity index (χ1v) is 8.95. The first-order valence-electron chi connectivity index (χ1n) is 8.58. The Morgan fingerprint density at radius 1 is 1.07 bits per heavy atom. The predicted molar refractivity (Wildman–Crippen MR) is 105 cm³/mol. The molecule has 3 rings (SSSR count). The van der Waals surface area contributed by atoms with Crippen molar-refractivity contribution in [2.75, 3.05) is 11.9 Å². The molecule has 138 valence electrons. The van der Waals surface area contributed by atoms with E-state index in [1.165, 1.54) is 6.07 Å². The van der Waals surface area contributed by atoms with E-state index in [0.717, 1.165) is 29.2 Å². The maximum Gasteiger partial charge on any atom is 0.270 e. The summed E-state index contributed by atoms with van der Waals surface area (Å²) in [7, 11) is 0. The molecule has 0 aliphatic heterocycles. The average Bonchev–Trinajstić information content (AvgIpc) is 2.68. The second kappa shape index (κ2) is 9.14. The van der Waals surface area contributed by atoms with Crippen LogP contribution in [-0.4, -0.2) is 17.4 Å². The van der Waals surface area contributed by atoms with Crippen molar-refractivity contribution in [1.29, 1.82) is 0 Å². The molecule has 1 aromatic heterocycles. The lowest BCUT2D eigenvalue weighted by Gasteiger charge is -2.08. The molecule has 0 spiro atoms. The van der Waals surface area contributed by atoms with Gasteiger partial charge in [-0.3, -0.25) is 4.79 Å². The third-order valence-electron chi connectivity index (χ3n) is 4.03. The molecule has 0 radical (unpaired) electrons. The van der Waals surface area contributed by atoms with Crippen LogP contribution in [0, 0.1) is 5.82 Å². The van der Waals surface area contributed by atoms with Crippen molar-refractivity contribution in [2.45, 2.75) is 13.0 Å². The van der Waals surface area contributed by atoms with E-state index in [9.17, 15) is 9.18 Å². The van der Waals surface area contributed by atoms with Gasteiger partial charge >= 0.3 is 0 Å². The van der Waals surface area contributed by atoms with Crippen LogP contribution in [-0.2, 0) is 13.0 Å². The quantitative estimate of drug-likeness (QED) is 0.633. The zero-order chi connectivity index (χ0) is 19.1. The van der Waals surface area contributed by atoms with E-state index in [4.69, 9.17) is 11.6 Å². The van der Waals surface area contributed by atoms with Crippen molar-refractivity contribution >= 4 is 23.2 Å². The Bertz CT molecular complexity index is 915. The highest BCUT2D eigenvalue weighted by Crippen LogP contribution is 2.12. The molecule has 0 fully saturated rings. The molecule has 0 aliphatic rings. The maximum atomic E-state index is 13.6. The summed E-state index contributed by atoms with van der Waals surface area (Å²) < 4.78 is 13.6. The van der Waals surface area contributed by atoms with Crippen molar-refractivity contribution in [1.82, 2.24) is 10.3 Å². The summed E-state index contributed by atoms with van der Waals surface area (Å²) in [4.78, 5) is 16.3. The second-order valence-corrected chi connectivity index (χ2v) is 6.45. The highest BCUT2D eigenvalue weighted by atomic mass is 35.5. The van der Waals surface area contributed by atoms with E-state index < -0.39 is 0 Å². The van der Waals surface area contributed by atoms with E-state index in [1.54, 1.807) is 36.5 Å². The van der Waals surface area contributed by atoms with Crippen LogP contribution in [0.1, 0.15) is 21.6 Å². The Balaban J connectivity index is 1.49. The molecule has 0 bridgehead atoms. The number of carbonyl (C=O) groups excluding carboxylic acids is 1. The fraction of sp³-hybridized carbons (Fsp3) is 0.143. The Morgan fingerprint density at radius 3 is 2.67 bits per heavy atom. The molecular weight excluding hydrogens is 365 g/mol. The molecule has 4 nitrogen and oxygen atoms in total. The van der Waals surface area contributed by atoms with E-state index in [2.05, 4.69) is 15.6 Å². The van der Waals surface area contributed by atoms with Crippen molar-refractivity contribution in [2.24, 2.45) is 0 Å². The summed E-state index contributed by atoms with van der Waals surface area (Å²) in [5.41, 5.74) is 2.69. The largest absolute Gasteiger partial charge is 0.383 e. The van der Waals surface area contributed by atoms with Crippen LogP contribution < -0.4 is 10.6 Å². The molecule has 3 aromatic rings. The number of anilines is 1. The van der Waals surface area contributed by atoms with Gasteiger partial charge in [0.2, 0.25) is 0 Å². The van der Waals surface area contributed by atoms with E-state index in [1.807, 2.05) is 24.3 Å². The molecule has 0 aliphatic carbocycles. The van der Waals surface area contributed by atoms with Gasteiger partial charge in [-0.05, 0) is 42.3 Å². The van der Waals surface area contributed by atoms with Gasteiger partial charge in [0.1, 0.15) is 11.5 Å². The zero-order valence-electron chi connectivity index (χ0n) is 14.6. The molecule has 1 amide bonds. The Labute approximate surface area is 162 Å². The monoisotopic (exact) mass is 383 g/mol. The fourth-order valence-electron chi connectivity index (χ4n) is 2.58. The minimum atomic E-state index is -0.344. The van der Waals surface area contributed by atoms with Crippen LogP contribution in [0.15, 0.2) is 66.9 Å². The molecule has 0 unspecified atom stereocenters. The van der Waals surface area contributed by atoms with Gasteiger partial charge in [-0.2, -0.15) is 0 Å². The molecule has 27 heavy (non-hydrogen) atoms. The van der Waals surface area contributed by atoms with Gasteiger partial charge < -0.3 is 10.6 Å². The number of hydrogen-bond acceptors (Lipinski definition) is 3. The summed E-state index contributed by atoms with van der Waals surface area (Å²) in [6.45, 7) is 0.841. The molecule has 0 saturated carbocycles. The van der Waals surface area contributed by atoms with Gasteiger partial charge in [-0.25, -0.2) is 9.37 Å². The first kappa shape index (κ1) is 18.9. The summed E-state index contributed by atoms with van der Waals surface area (Å²) in [6.07, 6.45) is 2.43. The Hall–Kier alpha value is -2.92. The van der Waals surface area contributed by atoms with Crippen LogP contribution in [0.2, 0.25) is 5.02 Å². The molecule has 0 atom stereocenters. The number of amides is 1. The summed E-state index contributed by atoms with van der Waals surface area (Å²) in [5.74, 6) is -0.686. The van der Waals surface area contributed by atoms with Crippen molar-refractivity contribution in [3.8, 4) is 0 Å². The Morgan fingerprint density at radius 2 is 1.93 bits per heavy atom. The lowest BCUT2D eigenvalue weighted by molar-refractivity contribution is 0.0945. The summed E-state index contributed by atoms with van der Waals surface area (Å²) in [5, 5.41) is 6.65. The average molecular weight is 384 g/mol. The smallest absolute Gasteiger partial charge is 0.270 e.